The van der Waals surface area contributed by atoms with E-state index in [1.54, 1.807) is 37.4 Å². The smallest absolute Gasteiger partial charge is 0.278 e. The minimum atomic E-state index is -0.490. The Balaban J connectivity index is 1.43. The molecule has 0 aliphatic rings. The molecule has 2 heterocycles. The molecule has 2 amide bonds. The average molecular weight is 567 g/mol. The molecule has 0 saturated heterocycles. The van der Waals surface area contributed by atoms with Crippen LogP contribution in [0.15, 0.2) is 68.4 Å². The van der Waals surface area contributed by atoms with Crippen molar-refractivity contribution in [1.29, 1.82) is 0 Å². The number of nitrogens with zero attached hydrogens (tertiary/aromatic N) is 5. The molecule has 0 bridgehead atoms. The van der Waals surface area contributed by atoms with Crippen molar-refractivity contribution in [1.82, 2.24) is 24.8 Å². The summed E-state index contributed by atoms with van der Waals surface area (Å²) in [4.78, 5) is 43.1. The minimum absolute atomic E-state index is 0.0876. The molecule has 12 heteroatoms. The number of halogens is 1. The summed E-state index contributed by atoms with van der Waals surface area (Å²) < 4.78 is 12.3. The van der Waals surface area contributed by atoms with Gasteiger partial charge in [0, 0.05) is 28.8 Å². The number of anilines is 1. The molecular formula is C25H23BrN6O5. The molecule has 0 fully saturated rings. The molecule has 2 aromatic heterocycles. The van der Waals surface area contributed by atoms with Crippen molar-refractivity contribution in [3.05, 3.63) is 75.0 Å². The number of carbonyl (C=O) groups excluding carboxylic acids is 2. The molecule has 1 N–H and O–H groups in total. The van der Waals surface area contributed by atoms with Gasteiger partial charge in [0.1, 0.15) is 18.0 Å². The highest BCUT2D eigenvalue weighted by atomic mass is 79.9. The maximum absolute atomic E-state index is 12.7. The molecule has 0 saturated carbocycles. The number of amides is 2. The second-order valence-corrected chi connectivity index (χ2v) is 9.04. The lowest BCUT2D eigenvalue weighted by molar-refractivity contribution is -0.134. The number of hydrogen-bond acceptors (Lipinski definition) is 8. The molecule has 190 valence electrons. The maximum Gasteiger partial charge on any atom is 0.278 e. The Kier molecular flexibility index (Phi) is 7.77. The first kappa shape index (κ1) is 25.8. The van der Waals surface area contributed by atoms with Gasteiger partial charge in [0.05, 0.1) is 13.7 Å². The predicted molar refractivity (Wildman–Crippen MR) is 139 cm³/mol. The van der Waals surface area contributed by atoms with Crippen LogP contribution in [0.4, 0.5) is 5.69 Å². The number of methoxy groups -OCH3 is 1. The average Bonchev–Trinajstić information content (AvgIpc) is 3.37. The molecule has 37 heavy (non-hydrogen) atoms. The summed E-state index contributed by atoms with van der Waals surface area (Å²) >= 11 is 3.38. The summed E-state index contributed by atoms with van der Waals surface area (Å²) in [7, 11) is 3.05. The molecule has 0 aliphatic heterocycles. The highest BCUT2D eigenvalue weighted by molar-refractivity contribution is 9.10. The Bertz CT molecular complexity index is 1500. The first-order chi connectivity index (χ1) is 17.7. The summed E-state index contributed by atoms with van der Waals surface area (Å²) in [6.07, 6.45) is 0. The zero-order chi connectivity index (χ0) is 26.5. The second kappa shape index (κ2) is 11.2. The molecule has 0 spiro atoms. The van der Waals surface area contributed by atoms with Gasteiger partial charge in [0.25, 0.3) is 11.4 Å². The van der Waals surface area contributed by atoms with Crippen molar-refractivity contribution in [2.24, 2.45) is 0 Å². The van der Waals surface area contributed by atoms with Gasteiger partial charge < -0.3 is 19.5 Å². The lowest BCUT2D eigenvalue weighted by atomic mass is 10.2. The normalized spacial score (nSPS) is 10.7. The standard InChI is InChI=1S/C25H23BrN6O5/c1-15-12-17(26)6-9-19(15)27-21(33)13-31(2)23(35)14-32-22(34)11-10-20(29-32)25-28-24(30-37-25)16-4-7-18(36-3)8-5-16/h4-12H,13-14H2,1-3H3,(H,27,33). The SMILES string of the molecule is COc1ccc(-c2noc(-c3ccc(=O)n(CC(=O)N(C)CC(=O)Nc4ccc(Br)cc4C)n3)n2)cc1. The van der Waals surface area contributed by atoms with E-state index in [0.29, 0.717) is 22.8 Å². The molecule has 0 atom stereocenters. The first-order valence-electron chi connectivity index (χ1n) is 11.1. The Hall–Kier alpha value is -4.32. The van der Waals surface area contributed by atoms with Crippen LogP contribution in [0.25, 0.3) is 23.0 Å². The quantitative estimate of drug-likeness (QED) is 0.344. The maximum atomic E-state index is 12.7. The van der Waals surface area contributed by atoms with Gasteiger partial charge in [-0.05, 0) is 61.0 Å². The Morgan fingerprint density at radius 3 is 2.59 bits per heavy atom. The number of aromatic nitrogens is 4. The van der Waals surface area contributed by atoms with Gasteiger partial charge in [0.2, 0.25) is 17.6 Å². The van der Waals surface area contributed by atoms with Crippen LogP contribution in [0.1, 0.15) is 5.56 Å². The van der Waals surface area contributed by atoms with Gasteiger partial charge in [-0.3, -0.25) is 14.4 Å². The fourth-order valence-corrected chi connectivity index (χ4v) is 3.85. The first-order valence-corrected chi connectivity index (χ1v) is 11.9. The minimum Gasteiger partial charge on any atom is -0.497 e. The number of aryl methyl sites for hydroxylation is 1. The molecule has 0 radical (unpaired) electrons. The van der Waals surface area contributed by atoms with E-state index in [0.717, 1.165) is 14.7 Å². The third-order valence-electron chi connectivity index (χ3n) is 5.41. The number of ether oxygens (including phenoxy) is 1. The van der Waals surface area contributed by atoms with Crippen molar-refractivity contribution < 1.29 is 18.8 Å². The fourth-order valence-electron chi connectivity index (χ4n) is 3.37. The third kappa shape index (κ3) is 6.28. The van der Waals surface area contributed by atoms with E-state index in [1.807, 2.05) is 19.1 Å². The van der Waals surface area contributed by atoms with Crippen LogP contribution in [-0.4, -0.2) is 57.3 Å². The second-order valence-electron chi connectivity index (χ2n) is 8.12. The van der Waals surface area contributed by atoms with E-state index in [4.69, 9.17) is 9.26 Å². The summed E-state index contributed by atoms with van der Waals surface area (Å²) in [6.45, 7) is 1.30. The van der Waals surface area contributed by atoms with Gasteiger partial charge in [-0.2, -0.15) is 10.1 Å². The van der Waals surface area contributed by atoms with Crippen molar-refractivity contribution in [2.45, 2.75) is 13.5 Å². The van der Waals surface area contributed by atoms with Crippen LogP contribution in [0.5, 0.6) is 5.75 Å². The van der Waals surface area contributed by atoms with E-state index in [9.17, 15) is 14.4 Å². The van der Waals surface area contributed by atoms with Crippen LogP contribution in [0.3, 0.4) is 0 Å². The molecular weight excluding hydrogens is 544 g/mol. The molecule has 4 rings (SSSR count). The molecule has 4 aromatic rings. The van der Waals surface area contributed by atoms with Crippen LogP contribution >= 0.6 is 15.9 Å². The van der Waals surface area contributed by atoms with Crippen LogP contribution in [-0.2, 0) is 16.1 Å². The number of carbonyl (C=O) groups is 2. The summed E-state index contributed by atoms with van der Waals surface area (Å²) in [6, 6.07) is 15.3. The predicted octanol–water partition coefficient (Wildman–Crippen LogP) is 3.14. The van der Waals surface area contributed by atoms with Gasteiger partial charge in [-0.25, -0.2) is 4.68 Å². The number of benzene rings is 2. The van der Waals surface area contributed by atoms with Crippen molar-refractivity contribution in [2.75, 3.05) is 26.0 Å². The van der Waals surface area contributed by atoms with E-state index < -0.39 is 11.5 Å². The summed E-state index contributed by atoms with van der Waals surface area (Å²) in [5.41, 5.74) is 1.97. The van der Waals surface area contributed by atoms with Gasteiger partial charge in [-0.15, -0.1) is 0 Å². The van der Waals surface area contributed by atoms with Gasteiger partial charge >= 0.3 is 0 Å². The number of rotatable bonds is 8. The van der Waals surface area contributed by atoms with E-state index in [2.05, 4.69) is 36.5 Å². The zero-order valence-electron chi connectivity index (χ0n) is 20.3. The zero-order valence-corrected chi connectivity index (χ0v) is 21.9. The van der Waals surface area contributed by atoms with Gasteiger partial charge in [-0.1, -0.05) is 21.1 Å². The molecule has 0 unspecified atom stereocenters. The molecule has 2 aromatic carbocycles. The Morgan fingerprint density at radius 1 is 1.14 bits per heavy atom. The van der Waals surface area contributed by atoms with Crippen molar-refractivity contribution in [3.63, 3.8) is 0 Å². The third-order valence-corrected chi connectivity index (χ3v) is 5.91. The van der Waals surface area contributed by atoms with Crippen molar-refractivity contribution in [3.8, 4) is 28.7 Å². The van der Waals surface area contributed by atoms with E-state index in [1.165, 1.54) is 24.1 Å². The van der Waals surface area contributed by atoms with Crippen molar-refractivity contribution >= 4 is 33.4 Å². The highest BCUT2D eigenvalue weighted by Crippen LogP contribution is 2.23. The summed E-state index contributed by atoms with van der Waals surface area (Å²) in [5.74, 6) is 0.271. The Labute approximate surface area is 220 Å². The van der Waals surface area contributed by atoms with E-state index in [-0.39, 0.29) is 30.6 Å². The van der Waals surface area contributed by atoms with E-state index >= 15 is 0 Å². The van der Waals surface area contributed by atoms with Crippen LogP contribution in [0.2, 0.25) is 0 Å². The molecule has 11 nitrogen and oxygen atoms in total. The molecule has 0 aliphatic carbocycles. The largest absolute Gasteiger partial charge is 0.497 e. The fraction of sp³-hybridized carbons (Fsp3) is 0.200. The van der Waals surface area contributed by atoms with Gasteiger partial charge in [0.15, 0.2) is 0 Å². The van der Waals surface area contributed by atoms with Crippen LogP contribution < -0.4 is 15.6 Å². The number of nitrogens with one attached hydrogen (secondary N) is 1. The highest BCUT2D eigenvalue weighted by Gasteiger charge is 2.18. The monoisotopic (exact) mass is 566 g/mol. The number of hydrogen-bond donors (Lipinski definition) is 1. The number of likely N-dealkylation sites (N-methyl/N-ethyl adjacent to an activating group) is 1. The van der Waals surface area contributed by atoms with Crippen LogP contribution in [0, 0.1) is 6.92 Å². The lowest BCUT2D eigenvalue weighted by Crippen LogP contribution is -2.39. The Morgan fingerprint density at radius 2 is 1.89 bits per heavy atom. The summed E-state index contributed by atoms with van der Waals surface area (Å²) in [5, 5.41) is 10.9. The topological polar surface area (TPSA) is 132 Å². The lowest BCUT2D eigenvalue weighted by Gasteiger charge is -2.17.